The van der Waals surface area contributed by atoms with Crippen molar-refractivity contribution in [3.8, 4) is 11.5 Å². The van der Waals surface area contributed by atoms with Crippen LogP contribution in [-0.4, -0.2) is 48.3 Å². The molecule has 0 spiro atoms. The average Bonchev–Trinajstić information content (AvgIpc) is 2.83. The van der Waals surface area contributed by atoms with Crippen molar-refractivity contribution < 1.29 is 31.1 Å². The molecule has 0 fully saturated rings. The Kier molecular flexibility index (Phi) is 7.32. The minimum atomic E-state index is -3.85. The summed E-state index contributed by atoms with van der Waals surface area (Å²) in [4.78, 5) is 13.0. The zero-order chi connectivity index (χ0) is 26.8. The summed E-state index contributed by atoms with van der Waals surface area (Å²) in [5.41, 5.74) is 1.90. The Balaban J connectivity index is 1.50. The van der Waals surface area contributed by atoms with E-state index in [0.29, 0.717) is 36.1 Å². The summed E-state index contributed by atoms with van der Waals surface area (Å²) in [5, 5.41) is 2.65. The molecule has 10 nitrogen and oxygen atoms in total. The highest BCUT2D eigenvalue weighted by atomic mass is 32.2. The van der Waals surface area contributed by atoms with Crippen LogP contribution in [0.5, 0.6) is 11.5 Å². The first kappa shape index (κ1) is 26.3. The Bertz CT molecular complexity index is 1520. The van der Waals surface area contributed by atoms with Gasteiger partial charge in [0.25, 0.3) is 10.0 Å². The lowest BCUT2D eigenvalue weighted by Gasteiger charge is -2.29. The van der Waals surface area contributed by atoms with Gasteiger partial charge in [-0.15, -0.1) is 0 Å². The van der Waals surface area contributed by atoms with Crippen molar-refractivity contribution >= 4 is 43.0 Å². The van der Waals surface area contributed by atoms with Crippen molar-refractivity contribution in [3.05, 3.63) is 72.3 Å². The second-order valence-corrected chi connectivity index (χ2v) is 12.1. The molecule has 1 atom stereocenters. The summed E-state index contributed by atoms with van der Waals surface area (Å²) >= 11 is 0. The zero-order valence-electron chi connectivity index (χ0n) is 20.5. The quantitative estimate of drug-likeness (QED) is 0.444. The van der Waals surface area contributed by atoms with Crippen LogP contribution in [0.2, 0.25) is 0 Å². The number of ether oxygens (including phenoxy) is 2. The standard InChI is InChI=1S/C25H27N3O7S2/c1-17-5-4-6-20(15-17)27-37(32,33)22-10-7-19(8-11-22)26-25(29)18(2)28(36(3,30)31)21-9-12-23-24(16-21)35-14-13-34-23/h4-12,15-16,18,27H,13-14H2,1-3H3,(H,26,29)/t18-/m0/s1. The fraction of sp³-hybridized carbons (Fsp3) is 0.240. The highest BCUT2D eigenvalue weighted by molar-refractivity contribution is 7.92. The number of amides is 1. The number of fused-ring (bicyclic) bond motifs is 1. The molecule has 1 heterocycles. The largest absolute Gasteiger partial charge is 0.486 e. The van der Waals surface area contributed by atoms with E-state index in [-0.39, 0.29) is 10.6 Å². The van der Waals surface area contributed by atoms with Gasteiger partial charge in [-0.25, -0.2) is 16.8 Å². The van der Waals surface area contributed by atoms with Crippen molar-refractivity contribution in [2.24, 2.45) is 0 Å². The lowest BCUT2D eigenvalue weighted by molar-refractivity contribution is -0.116. The maximum absolute atomic E-state index is 13.0. The molecule has 0 radical (unpaired) electrons. The van der Waals surface area contributed by atoms with Crippen LogP contribution in [0.3, 0.4) is 0 Å². The number of aryl methyl sites for hydroxylation is 1. The van der Waals surface area contributed by atoms with Gasteiger partial charge >= 0.3 is 0 Å². The third-order valence-corrected chi connectivity index (χ3v) is 8.21. The van der Waals surface area contributed by atoms with Crippen LogP contribution in [0, 0.1) is 6.92 Å². The van der Waals surface area contributed by atoms with E-state index in [1.54, 1.807) is 30.3 Å². The van der Waals surface area contributed by atoms with Gasteiger partial charge in [0.15, 0.2) is 11.5 Å². The van der Waals surface area contributed by atoms with E-state index in [0.717, 1.165) is 16.1 Å². The summed E-state index contributed by atoms with van der Waals surface area (Å²) in [6.07, 6.45) is 1.01. The van der Waals surface area contributed by atoms with Gasteiger partial charge in [-0.05, 0) is 67.9 Å². The molecule has 0 aliphatic carbocycles. The number of rotatable bonds is 8. The molecule has 0 saturated carbocycles. The molecule has 1 aliphatic heterocycles. The lowest BCUT2D eigenvalue weighted by Crippen LogP contribution is -2.45. The maximum atomic E-state index is 13.0. The fourth-order valence-electron chi connectivity index (χ4n) is 3.86. The third kappa shape index (κ3) is 6.15. The van der Waals surface area contributed by atoms with Gasteiger partial charge in [-0.1, -0.05) is 12.1 Å². The van der Waals surface area contributed by atoms with Gasteiger partial charge < -0.3 is 14.8 Å². The Morgan fingerprint density at radius 2 is 1.57 bits per heavy atom. The van der Waals surface area contributed by atoms with Gasteiger partial charge in [0.1, 0.15) is 19.3 Å². The van der Waals surface area contributed by atoms with Gasteiger partial charge in [-0.3, -0.25) is 13.8 Å². The van der Waals surface area contributed by atoms with Crippen LogP contribution in [-0.2, 0) is 24.8 Å². The van der Waals surface area contributed by atoms with Crippen molar-refractivity contribution in [3.63, 3.8) is 0 Å². The molecule has 0 aromatic heterocycles. The first-order valence-electron chi connectivity index (χ1n) is 11.3. The minimum absolute atomic E-state index is 0.00842. The molecule has 37 heavy (non-hydrogen) atoms. The number of sulfonamides is 2. The first-order valence-corrected chi connectivity index (χ1v) is 14.7. The van der Waals surface area contributed by atoms with E-state index < -0.39 is 32.0 Å². The Hall–Kier alpha value is -3.77. The van der Waals surface area contributed by atoms with E-state index in [1.807, 2.05) is 13.0 Å². The van der Waals surface area contributed by atoms with Gasteiger partial charge in [0.2, 0.25) is 15.9 Å². The predicted molar refractivity (Wildman–Crippen MR) is 141 cm³/mol. The highest BCUT2D eigenvalue weighted by Crippen LogP contribution is 2.35. The molecule has 1 amide bonds. The molecule has 12 heteroatoms. The van der Waals surface area contributed by atoms with E-state index in [2.05, 4.69) is 10.0 Å². The average molecular weight is 546 g/mol. The molecular weight excluding hydrogens is 518 g/mol. The van der Waals surface area contributed by atoms with E-state index in [4.69, 9.17) is 9.47 Å². The molecule has 4 rings (SSSR count). The second-order valence-electron chi connectivity index (χ2n) is 8.55. The van der Waals surface area contributed by atoms with Gasteiger partial charge in [-0.2, -0.15) is 0 Å². The maximum Gasteiger partial charge on any atom is 0.261 e. The number of nitrogens with zero attached hydrogens (tertiary/aromatic N) is 1. The van der Waals surface area contributed by atoms with E-state index >= 15 is 0 Å². The normalized spacial score (nSPS) is 13.9. The smallest absolute Gasteiger partial charge is 0.261 e. The third-order valence-electron chi connectivity index (χ3n) is 5.57. The molecule has 3 aromatic rings. The monoisotopic (exact) mass is 545 g/mol. The first-order chi connectivity index (χ1) is 17.4. The lowest BCUT2D eigenvalue weighted by atomic mass is 10.2. The second kappa shape index (κ2) is 10.3. The van der Waals surface area contributed by atoms with Crippen molar-refractivity contribution in [1.82, 2.24) is 0 Å². The minimum Gasteiger partial charge on any atom is -0.486 e. The molecule has 3 aromatic carbocycles. The zero-order valence-corrected chi connectivity index (χ0v) is 22.1. The number of hydrogen-bond donors (Lipinski definition) is 2. The van der Waals surface area contributed by atoms with Crippen LogP contribution in [0.25, 0.3) is 0 Å². The summed E-state index contributed by atoms with van der Waals surface area (Å²) in [6.45, 7) is 4.04. The number of benzene rings is 3. The molecule has 2 N–H and O–H groups in total. The number of anilines is 3. The number of carbonyl (C=O) groups is 1. The van der Waals surface area contributed by atoms with E-state index in [1.165, 1.54) is 37.3 Å². The Morgan fingerprint density at radius 3 is 2.22 bits per heavy atom. The van der Waals surface area contributed by atoms with Crippen molar-refractivity contribution in [2.45, 2.75) is 24.8 Å². The van der Waals surface area contributed by atoms with Crippen LogP contribution in [0.1, 0.15) is 12.5 Å². The van der Waals surface area contributed by atoms with Crippen molar-refractivity contribution in [2.75, 3.05) is 33.8 Å². The van der Waals surface area contributed by atoms with Crippen LogP contribution >= 0.6 is 0 Å². The highest BCUT2D eigenvalue weighted by Gasteiger charge is 2.30. The molecule has 0 saturated heterocycles. The van der Waals surface area contributed by atoms with Gasteiger partial charge in [0, 0.05) is 17.4 Å². The van der Waals surface area contributed by atoms with Crippen LogP contribution in [0.4, 0.5) is 17.1 Å². The van der Waals surface area contributed by atoms with E-state index in [9.17, 15) is 21.6 Å². The number of carbonyl (C=O) groups excluding carboxylic acids is 1. The molecule has 0 bridgehead atoms. The van der Waals surface area contributed by atoms with Crippen molar-refractivity contribution in [1.29, 1.82) is 0 Å². The number of nitrogens with one attached hydrogen (secondary N) is 2. The van der Waals surface area contributed by atoms with Gasteiger partial charge in [0.05, 0.1) is 16.8 Å². The SMILES string of the molecule is Cc1cccc(NS(=O)(=O)c2ccc(NC(=O)[C@H](C)N(c3ccc4c(c3)OCCO4)S(C)(=O)=O)cc2)c1. The van der Waals surface area contributed by atoms with Crippen LogP contribution in [0.15, 0.2) is 71.6 Å². The fourth-order valence-corrected chi connectivity index (χ4v) is 6.08. The summed E-state index contributed by atoms with van der Waals surface area (Å²) in [6, 6.07) is 16.1. The predicted octanol–water partition coefficient (Wildman–Crippen LogP) is 3.36. The molecule has 1 aliphatic rings. The summed E-state index contributed by atoms with van der Waals surface area (Å²) in [7, 11) is -7.69. The Labute approximate surface area is 216 Å². The number of hydrogen-bond acceptors (Lipinski definition) is 7. The summed E-state index contributed by atoms with van der Waals surface area (Å²) in [5.74, 6) is 0.280. The Morgan fingerprint density at radius 1 is 0.892 bits per heavy atom. The van der Waals surface area contributed by atoms with Crippen LogP contribution < -0.4 is 23.8 Å². The summed E-state index contributed by atoms with van der Waals surface area (Å²) < 4.78 is 65.2. The topological polar surface area (TPSA) is 131 Å². The molecule has 0 unspecified atom stereocenters. The molecular formula is C25H27N3O7S2. The molecule has 196 valence electrons.